The first-order chi connectivity index (χ1) is 11.1. The molecule has 122 valence electrons. The van der Waals surface area contributed by atoms with Crippen LogP contribution in [0, 0.1) is 11.7 Å². The smallest absolute Gasteiger partial charge is 0.270 e. The van der Waals surface area contributed by atoms with Crippen molar-refractivity contribution >= 4 is 11.6 Å². The molecule has 1 amide bonds. The lowest BCUT2D eigenvalue weighted by Crippen LogP contribution is -2.24. The van der Waals surface area contributed by atoms with Crippen LogP contribution in [0.4, 0.5) is 10.1 Å². The molecular formula is C18H22FN3O. The minimum absolute atomic E-state index is 0.137. The molecule has 0 unspecified atom stereocenters. The third-order valence-corrected chi connectivity index (χ3v) is 3.44. The Morgan fingerprint density at radius 2 is 2.04 bits per heavy atom. The Labute approximate surface area is 136 Å². The summed E-state index contributed by atoms with van der Waals surface area (Å²) in [6.45, 7) is 5.31. The van der Waals surface area contributed by atoms with Gasteiger partial charge in [0.25, 0.3) is 5.91 Å². The molecule has 1 aromatic heterocycles. The third kappa shape index (κ3) is 5.36. The van der Waals surface area contributed by atoms with E-state index in [-0.39, 0.29) is 18.3 Å². The van der Waals surface area contributed by atoms with Gasteiger partial charge in [0.05, 0.1) is 0 Å². The summed E-state index contributed by atoms with van der Waals surface area (Å²) in [6.07, 6.45) is 2.65. The maximum atomic E-state index is 13.5. The van der Waals surface area contributed by atoms with E-state index >= 15 is 0 Å². The van der Waals surface area contributed by atoms with E-state index in [0.29, 0.717) is 17.2 Å². The predicted molar refractivity (Wildman–Crippen MR) is 89.8 cm³/mol. The number of aromatic nitrogens is 1. The van der Waals surface area contributed by atoms with Gasteiger partial charge in [0, 0.05) is 30.5 Å². The summed E-state index contributed by atoms with van der Waals surface area (Å²) in [5, 5.41) is 5.96. The van der Waals surface area contributed by atoms with Crippen LogP contribution >= 0.6 is 0 Å². The molecule has 2 rings (SSSR count). The monoisotopic (exact) mass is 315 g/mol. The molecule has 0 bridgehead atoms. The van der Waals surface area contributed by atoms with Crippen molar-refractivity contribution in [1.29, 1.82) is 0 Å². The van der Waals surface area contributed by atoms with Crippen LogP contribution in [0.5, 0.6) is 0 Å². The number of carbonyl (C=O) groups excluding carboxylic acids is 1. The van der Waals surface area contributed by atoms with E-state index in [1.54, 1.807) is 30.5 Å². The van der Waals surface area contributed by atoms with E-state index in [0.717, 1.165) is 18.7 Å². The van der Waals surface area contributed by atoms with Crippen molar-refractivity contribution in [3.05, 3.63) is 59.7 Å². The lowest BCUT2D eigenvalue weighted by Gasteiger charge is -2.10. The van der Waals surface area contributed by atoms with Crippen molar-refractivity contribution < 1.29 is 9.18 Å². The lowest BCUT2D eigenvalue weighted by molar-refractivity contribution is 0.0945. The van der Waals surface area contributed by atoms with Crippen molar-refractivity contribution in [2.24, 2.45) is 5.92 Å². The van der Waals surface area contributed by atoms with Gasteiger partial charge in [-0.2, -0.15) is 0 Å². The second-order valence-corrected chi connectivity index (χ2v) is 5.81. The number of halogens is 1. The highest BCUT2D eigenvalue weighted by molar-refractivity contribution is 5.93. The van der Waals surface area contributed by atoms with Gasteiger partial charge in [0.2, 0.25) is 0 Å². The average molecular weight is 315 g/mol. The zero-order valence-electron chi connectivity index (χ0n) is 13.5. The molecule has 1 heterocycles. The highest BCUT2D eigenvalue weighted by atomic mass is 19.1. The maximum Gasteiger partial charge on any atom is 0.270 e. The predicted octanol–water partition coefficient (Wildman–Crippen LogP) is 3.61. The van der Waals surface area contributed by atoms with Gasteiger partial charge in [0.15, 0.2) is 0 Å². The van der Waals surface area contributed by atoms with Crippen molar-refractivity contribution in [1.82, 2.24) is 10.3 Å². The van der Waals surface area contributed by atoms with Gasteiger partial charge in [0.1, 0.15) is 11.5 Å². The summed E-state index contributed by atoms with van der Waals surface area (Å²) in [6, 6.07) is 9.91. The number of benzene rings is 1. The molecule has 0 fully saturated rings. The Balaban J connectivity index is 1.93. The van der Waals surface area contributed by atoms with Gasteiger partial charge < -0.3 is 10.6 Å². The molecule has 0 saturated heterocycles. The van der Waals surface area contributed by atoms with Gasteiger partial charge >= 0.3 is 0 Å². The van der Waals surface area contributed by atoms with E-state index in [2.05, 4.69) is 29.5 Å². The quantitative estimate of drug-likeness (QED) is 0.820. The Hall–Kier alpha value is -2.43. The Kier molecular flexibility index (Phi) is 6.09. The van der Waals surface area contributed by atoms with E-state index in [9.17, 15) is 9.18 Å². The lowest BCUT2D eigenvalue weighted by atomic mass is 10.1. The third-order valence-electron chi connectivity index (χ3n) is 3.44. The van der Waals surface area contributed by atoms with Gasteiger partial charge in [-0.1, -0.05) is 32.0 Å². The topological polar surface area (TPSA) is 54.0 Å². The molecule has 2 aromatic rings. The SMILES string of the molecule is CC(C)CCNc1ccnc(C(=O)NCc2ccccc2F)c1. The van der Waals surface area contributed by atoms with E-state index < -0.39 is 0 Å². The number of nitrogens with one attached hydrogen (secondary N) is 2. The van der Waals surface area contributed by atoms with E-state index in [1.807, 2.05) is 6.07 Å². The summed E-state index contributed by atoms with van der Waals surface area (Å²) >= 11 is 0. The second-order valence-electron chi connectivity index (χ2n) is 5.81. The molecule has 0 aliphatic rings. The van der Waals surface area contributed by atoms with Crippen LogP contribution in [0.25, 0.3) is 0 Å². The Morgan fingerprint density at radius 1 is 1.26 bits per heavy atom. The molecule has 0 radical (unpaired) electrons. The minimum Gasteiger partial charge on any atom is -0.385 e. The summed E-state index contributed by atoms with van der Waals surface area (Å²) in [5.74, 6) is -0.0292. The summed E-state index contributed by atoms with van der Waals surface area (Å²) in [4.78, 5) is 16.2. The van der Waals surface area contributed by atoms with Crippen molar-refractivity contribution in [3.63, 3.8) is 0 Å². The number of hydrogen-bond donors (Lipinski definition) is 2. The number of pyridine rings is 1. The number of nitrogens with zero attached hydrogens (tertiary/aromatic N) is 1. The molecule has 2 N–H and O–H groups in total. The first-order valence-corrected chi connectivity index (χ1v) is 7.78. The molecule has 0 saturated carbocycles. The maximum absolute atomic E-state index is 13.5. The number of hydrogen-bond acceptors (Lipinski definition) is 3. The van der Waals surface area contributed by atoms with Crippen LogP contribution in [0.15, 0.2) is 42.6 Å². The number of amides is 1. The van der Waals surface area contributed by atoms with Crippen molar-refractivity contribution in [2.45, 2.75) is 26.8 Å². The molecular weight excluding hydrogens is 293 g/mol. The number of rotatable bonds is 7. The minimum atomic E-state index is -0.329. The van der Waals surface area contributed by atoms with Crippen LogP contribution in [0.3, 0.4) is 0 Å². The second kappa shape index (κ2) is 8.27. The van der Waals surface area contributed by atoms with Crippen molar-refractivity contribution in [2.75, 3.05) is 11.9 Å². The fourth-order valence-corrected chi connectivity index (χ4v) is 2.08. The van der Waals surface area contributed by atoms with Crippen LogP contribution in [0.1, 0.15) is 36.3 Å². The number of anilines is 1. The van der Waals surface area contributed by atoms with Crippen LogP contribution < -0.4 is 10.6 Å². The number of carbonyl (C=O) groups is 1. The molecule has 0 aliphatic heterocycles. The fourth-order valence-electron chi connectivity index (χ4n) is 2.08. The van der Waals surface area contributed by atoms with Gasteiger partial charge in [-0.15, -0.1) is 0 Å². The first-order valence-electron chi connectivity index (χ1n) is 7.78. The van der Waals surface area contributed by atoms with E-state index in [1.165, 1.54) is 6.07 Å². The summed E-state index contributed by atoms with van der Waals surface area (Å²) < 4.78 is 13.5. The zero-order valence-corrected chi connectivity index (χ0v) is 13.5. The molecule has 4 nitrogen and oxygen atoms in total. The van der Waals surface area contributed by atoms with Gasteiger partial charge in [-0.05, 0) is 30.5 Å². The average Bonchev–Trinajstić information content (AvgIpc) is 2.54. The molecule has 0 spiro atoms. The Bertz CT molecular complexity index is 658. The normalized spacial score (nSPS) is 10.6. The fraction of sp³-hybridized carbons (Fsp3) is 0.333. The van der Waals surface area contributed by atoms with Crippen LogP contribution in [-0.4, -0.2) is 17.4 Å². The van der Waals surface area contributed by atoms with Crippen molar-refractivity contribution in [3.8, 4) is 0 Å². The highest BCUT2D eigenvalue weighted by Crippen LogP contribution is 2.10. The molecule has 23 heavy (non-hydrogen) atoms. The zero-order chi connectivity index (χ0) is 16.7. The van der Waals surface area contributed by atoms with Crippen LogP contribution in [0.2, 0.25) is 0 Å². The highest BCUT2D eigenvalue weighted by Gasteiger charge is 2.09. The van der Waals surface area contributed by atoms with Gasteiger partial charge in [-0.25, -0.2) is 4.39 Å². The summed E-state index contributed by atoms with van der Waals surface area (Å²) in [5.41, 5.74) is 1.62. The molecule has 1 aromatic carbocycles. The molecule has 0 aliphatic carbocycles. The van der Waals surface area contributed by atoms with Gasteiger partial charge in [-0.3, -0.25) is 9.78 Å². The van der Waals surface area contributed by atoms with Crippen LogP contribution in [-0.2, 0) is 6.54 Å². The van der Waals surface area contributed by atoms with E-state index in [4.69, 9.17) is 0 Å². The molecule has 0 atom stereocenters. The summed E-state index contributed by atoms with van der Waals surface area (Å²) in [7, 11) is 0. The largest absolute Gasteiger partial charge is 0.385 e. The molecule has 5 heteroatoms. The standard InChI is InChI=1S/C18H22FN3O/c1-13(2)7-9-20-15-8-10-21-17(11-15)18(23)22-12-14-5-3-4-6-16(14)19/h3-6,8,10-11,13H,7,9,12H2,1-2H3,(H,20,21)(H,22,23). The first kappa shape index (κ1) is 16.9. The Morgan fingerprint density at radius 3 is 2.78 bits per heavy atom.